The van der Waals surface area contributed by atoms with E-state index in [2.05, 4.69) is 10.3 Å². The fraction of sp³-hybridized carbons (Fsp3) is 0.227. The summed E-state index contributed by atoms with van der Waals surface area (Å²) in [6, 6.07) is 14.4. The smallest absolute Gasteiger partial charge is 0.325 e. The standard InChI is InChI=1S/C22H22N2O5/c1-4-29-21(25)13-23-22(26)17-12-19(24-18-8-6-5-7-15(17)18)16-10-9-14(27-2)11-20(16)28-3/h5-12H,4,13H2,1-3H3,(H,23,26). The minimum Gasteiger partial charge on any atom is -0.497 e. The lowest BCUT2D eigenvalue weighted by Gasteiger charge is -2.13. The Morgan fingerprint density at radius 1 is 1.03 bits per heavy atom. The second-order valence-corrected chi connectivity index (χ2v) is 6.13. The number of para-hydroxylation sites is 1. The van der Waals surface area contributed by atoms with Gasteiger partial charge in [0.15, 0.2) is 0 Å². The number of fused-ring (bicyclic) bond motifs is 1. The van der Waals surface area contributed by atoms with Crippen LogP contribution in [-0.2, 0) is 9.53 Å². The first-order chi connectivity index (χ1) is 14.1. The number of hydrogen-bond acceptors (Lipinski definition) is 6. The van der Waals surface area contributed by atoms with E-state index in [0.717, 1.165) is 5.56 Å². The fourth-order valence-corrected chi connectivity index (χ4v) is 2.97. The van der Waals surface area contributed by atoms with Gasteiger partial charge in [-0.15, -0.1) is 0 Å². The first-order valence-electron chi connectivity index (χ1n) is 9.13. The minimum atomic E-state index is -0.490. The van der Waals surface area contributed by atoms with E-state index >= 15 is 0 Å². The molecular formula is C22H22N2O5. The number of amides is 1. The van der Waals surface area contributed by atoms with Crippen LogP contribution in [0.2, 0.25) is 0 Å². The number of carbonyl (C=O) groups excluding carboxylic acids is 2. The summed E-state index contributed by atoms with van der Waals surface area (Å²) in [5.74, 6) is 0.352. The molecule has 7 nitrogen and oxygen atoms in total. The van der Waals surface area contributed by atoms with Crippen LogP contribution in [-0.4, -0.2) is 44.2 Å². The summed E-state index contributed by atoms with van der Waals surface area (Å²) in [7, 11) is 3.14. The lowest BCUT2D eigenvalue weighted by molar-refractivity contribution is -0.141. The Morgan fingerprint density at radius 2 is 1.83 bits per heavy atom. The van der Waals surface area contributed by atoms with Crippen LogP contribution in [0.3, 0.4) is 0 Å². The van der Waals surface area contributed by atoms with E-state index in [1.54, 1.807) is 39.3 Å². The number of esters is 1. The normalized spacial score (nSPS) is 10.4. The molecule has 0 bridgehead atoms. The van der Waals surface area contributed by atoms with Crippen LogP contribution in [0.4, 0.5) is 0 Å². The number of carbonyl (C=O) groups is 2. The highest BCUT2D eigenvalue weighted by Gasteiger charge is 2.17. The molecule has 1 N–H and O–H groups in total. The highest BCUT2D eigenvalue weighted by molar-refractivity contribution is 6.08. The Bertz CT molecular complexity index is 1050. The van der Waals surface area contributed by atoms with Crippen molar-refractivity contribution in [1.82, 2.24) is 10.3 Å². The van der Waals surface area contributed by atoms with Gasteiger partial charge in [0.05, 0.1) is 37.6 Å². The van der Waals surface area contributed by atoms with Crippen molar-refractivity contribution in [3.05, 3.63) is 54.1 Å². The highest BCUT2D eigenvalue weighted by atomic mass is 16.5. The van der Waals surface area contributed by atoms with Gasteiger partial charge in [-0.2, -0.15) is 0 Å². The SMILES string of the molecule is CCOC(=O)CNC(=O)c1cc(-c2ccc(OC)cc2OC)nc2ccccc12. The maximum atomic E-state index is 12.8. The number of nitrogens with one attached hydrogen (secondary N) is 1. The molecule has 0 spiro atoms. The van der Waals surface area contributed by atoms with Gasteiger partial charge in [0.1, 0.15) is 18.0 Å². The quantitative estimate of drug-likeness (QED) is 0.619. The largest absolute Gasteiger partial charge is 0.497 e. The van der Waals surface area contributed by atoms with Gasteiger partial charge < -0.3 is 19.5 Å². The second kappa shape index (κ2) is 9.05. The molecule has 0 aliphatic rings. The van der Waals surface area contributed by atoms with Gasteiger partial charge in [-0.05, 0) is 31.2 Å². The van der Waals surface area contributed by atoms with Crippen LogP contribution in [0.25, 0.3) is 22.2 Å². The molecule has 0 aliphatic carbocycles. The van der Waals surface area contributed by atoms with Crippen molar-refractivity contribution < 1.29 is 23.8 Å². The number of methoxy groups -OCH3 is 2. The van der Waals surface area contributed by atoms with Crippen LogP contribution in [0, 0.1) is 0 Å². The lowest BCUT2D eigenvalue weighted by atomic mass is 10.0. The van der Waals surface area contributed by atoms with Gasteiger partial charge in [-0.1, -0.05) is 18.2 Å². The lowest BCUT2D eigenvalue weighted by Crippen LogP contribution is -2.30. The predicted molar refractivity (Wildman–Crippen MR) is 109 cm³/mol. The van der Waals surface area contributed by atoms with Crippen LogP contribution in [0.15, 0.2) is 48.5 Å². The molecule has 0 fully saturated rings. The van der Waals surface area contributed by atoms with Crippen molar-refractivity contribution in [2.24, 2.45) is 0 Å². The van der Waals surface area contributed by atoms with E-state index in [4.69, 9.17) is 14.2 Å². The monoisotopic (exact) mass is 394 g/mol. The van der Waals surface area contributed by atoms with Gasteiger partial charge in [-0.3, -0.25) is 9.59 Å². The third-order valence-electron chi connectivity index (χ3n) is 4.34. The van der Waals surface area contributed by atoms with Gasteiger partial charge in [0, 0.05) is 17.0 Å². The number of ether oxygens (including phenoxy) is 3. The van der Waals surface area contributed by atoms with Crippen molar-refractivity contribution in [3.63, 3.8) is 0 Å². The predicted octanol–water partition coefficient (Wildman–Crippen LogP) is 3.21. The third-order valence-corrected chi connectivity index (χ3v) is 4.34. The molecule has 1 amide bonds. The van der Waals surface area contributed by atoms with E-state index in [-0.39, 0.29) is 19.1 Å². The molecule has 0 saturated heterocycles. The maximum absolute atomic E-state index is 12.8. The number of nitrogens with zero attached hydrogens (tertiary/aromatic N) is 1. The molecule has 1 heterocycles. The van der Waals surface area contributed by atoms with Gasteiger partial charge >= 0.3 is 5.97 Å². The fourth-order valence-electron chi connectivity index (χ4n) is 2.97. The molecule has 2 aromatic carbocycles. The summed E-state index contributed by atoms with van der Waals surface area (Å²) < 4.78 is 15.6. The number of rotatable bonds is 7. The van der Waals surface area contributed by atoms with E-state index in [1.165, 1.54) is 0 Å². The zero-order chi connectivity index (χ0) is 20.8. The number of benzene rings is 2. The molecule has 3 rings (SSSR count). The topological polar surface area (TPSA) is 86.8 Å². The Kier molecular flexibility index (Phi) is 6.29. The van der Waals surface area contributed by atoms with Crippen molar-refractivity contribution in [1.29, 1.82) is 0 Å². The maximum Gasteiger partial charge on any atom is 0.325 e. The molecule has 3 aromatic rings. The summed E-state index contributed by atoms with van der Waals surface area (Å²) in [5, 5.41) is 3.29. The summed E-state index contributed by atoms with van der Waals surface area (Å²) in [6.07, 6.45) is 0. The zero-order valence-corrected chi connectivity index (χ0v) is 16.5. The third kappa shape index (κ3) is 4.45. The molecule has 1 aromatic heterocycles. The molecule has 29 heavy (non-hydrogen) atoms. The van der Waals surface area contributed by atoms with Crippen LogP contribution >= 0.6 is 0 Å². The highest BCUT2D eigenvalue weighted by Crippen LogP contribution is 2.34. The van der Waals surface area contributed by atoms with Crippen molar-refractivity contribution in [2.75, 3.05) is 27.4 Å². The number of aromatic nitrogens is 1. The van der Waals surface area contributed by atoms with Gasteiger partial charge in [0.25, 0.3) is 5.91 Å². The van der Waals surface area contributed by atoms with Crippen LogP contribution in [0.5, 0.6) is 11.5 Å². The Hall–Kier alpha value is -3.61. The molecular weight excluding hydrogens is 372 g/mol. The van der Waals surface area contributed by atoms with E-state index in [0.29, 0.717) is 33.7 Å². The molecule has 0 radical (unpaired) electrons. The average Bonchev–Trinajstić information content (AvgIpc) is 2.76. The van der Waals surface area contributed by atoms with Crippen molar-refractivity contribution >= 4 is 22.8 Å². The molecule has 150 valence electrons. The van der Waals surface area contributed by atoms with E-state index < -0.39 is 5.97 Å². The van der Waals surface area contributed by atoms with E-state index in [1.807, 2.05) is 30.3 Å². The molecule has 0 atom stereocenters. The average molecular weight is 394 g/mol. The summed E-state index contributed by atoms with van der Waals surface area (Å²) >= 11 is 0. The number of hydrogen-bond donors (Lipinski definition) is 1. The van der Waals surface area contributed by atoms with E-state index in [9.17, 15) is 9.59 Å². The first kappa shape index (κ1) is 20.1. The second-order valence-electron chi connectivity index (χ2n) is 6.13. The summed E-state index contributed by atoms with van der Waals surface area (Å²) in [5.41, 5.74) is 2.36. The zero-order valence-electron chi connectivity index (χ0n) is 16.5. The van der Waals surface area contributed by atoms with Gasteiger partial charge in [0.2, 0.25) is 0 Å². The molecule has 0 saturated carbocycles. The van der Waals surface area contributed by atoms with Crippen LogP contribution in [0.1, 0.15) is 17.3 Å². The van der Waals surface area contributed by atoms with Crippen molar-refractivity contribution in [2.45, 2.75) is 6.92 Å². The van der Waals surface area contributed by atoms with Crippen LogP contribution < -0.4 is 14.8 Å². The molecule has 0 unspecified atom stereocenters. The minimum absolute atomic E-state index is 0.204. The molecule has 0 aliphatic heterocycles. The van der Waals surface area contributed by atoms with Crippen molar-refractivity contribution in [3.8, 4) is 22.8 Å². The Balaban J connectivity index is 2.05. The Labute approximate surface area is 168 Å². The summed E-state index contributed by atoms with van der Waals surface area (Å²) in [4.78, 5) is 29.1. The number of pyridine rings is 1. The Morgan fingerprint density at radius 3 is 2.55 bits per heavy atom. The molecule has 7 heteroatoms. The summed E-state index contributed by atoms with van der Waals surface area (Å²) in [6.45, 7) is 1.77. The van der Waals surface area contributed by atoms with Gasteiger partial charge in [-0.25, -0.2) is 4.98 Å². The first-order valence-corrected chi connectivity index (χ1v) is 9.13.